The molecule has 2 aromatic heterocycles. The summed E-state index contributed by atoms with van der Waals surface area (Å²) in [5.41, 5.74) is 6.75. The van der Waals surface area contributed by atoms with E-state index in [0.29, 0.717) is 25.3 Å². The van der Waals surface area contributed by atoms with Crippen molar-refractivity contribution in [3.8, 4) is 39.7 Å². The fourth-order valence-corrected chi connectivity index (χ4v) is 8.82. The number of carbonyl (C=O) groups is 3. The first-order chi connectivity index (χ1) is 29.5. The van der Waals surface area contributed by atoms with Crippen LogP contribution in [-0.4, -0.2) is 92.9 Å². The lowest BCUT2D eigenvalue weighted by atomic mass is 9.98. The van der Waals surface area contributed by atoms with Gasteiger partial charge in [0.25, 0.3) is 0 Å². The minimum atomic E-state index is -0.689. The molecule has 61 heavy (non-hydrogen) atoms. The molecule has 0 radical (unpaired) electrons. The van der Waals surface area contributed by atoms with Gasteiger partial charge in [0.15, 0.2) is 0 Å². The van der Waals surface area contributed by atoms with E-state index >= 15 is 0 Å². The van der Waals surface area contributed by atoms with Crippen LogP contribution in [0.2, 0.25) is 0 Å². The molecule has 0 aliphatic carbocycles. The molecular formula is C48H51N9O4. The van der Waals surface area contributed by atoms with Crippen molar-refractivity contribution in [2.45, 2.75) is 57.3 Å². The zero-order chi connectivity index (χ0) is 42.8. The average molecular weight is 818 g/mol. The Morgan fingerprint density at radius 2 is 1.41 bits per heavy atom. The molecule has 2 saturated heterocycles. The number of aromatic nitrogens is 4. The molecule has 3 N–H and O–H groups in total. The van der Waals surface area contributed by atoms with E-state index < -0.39 is 18.2 Å². The molecule has 2 aliphatic rings. The van der Waals surface area contributed by atoms with E-state index in [9.17, 15) is 19.6 Å². The maximum atomic E-state index is 14.1. The van der Waals surface area contributed by atoms with Crippen LogP contribution in [0.4, 0.5) is 4.79 Å². The molecule has 6 aromatic rings. The van der Waals surface area contributed by atoms with E-state index in [0.717, 1.165) is 68.6 Å². The first-order valence-corrected chi connectivity index (χ1v) is 20.8. The van der Waals surface area contributed by atoms with Gasteiger partial charge in [0, 0.05) is 18.7 Å². The van der Waals surface area contributed by atoms with Crippen molar-refractivity contribution < 1.29 is 19.1 Å². The van der Waals surface area contributed by atoms with Crippen molar-refractivity contribution in [1.29, 1.82) is 5.26 Å². The fraction of sp³-hybridized carbons (Fsp3) is 0.333. The number of methoxy groups -OCH3 is 1. The van der Waals surface area contributed by atoms with Crippen LogP contribution in [0, 0.1) is 23.2 Å². The normalized spacial score (nSPS) is 18.7. The number of likely N-dealkylation sites (tertiary alicyclic amines) is 2. The van der Waals surface area contributed by atoms with Crippen LogP contribution in [0.1, 0.15) is 68.4 Å². The molecule has 2 fully saturated rings. The van der Waals surface area contributed by atoms with Gasteiger partial charge >= 0.3 is 6.09 Å². The number of nitrogens with one attached hydrogen (secondary N) is 3. The van der Waals surface area contributed by atoms with Gasteiger partial charge < -0.3 is 29.8 Å². The predicted molar refractivity (Wildman–Crippen MR) is 233 cm³/mol. The molecule has 3 amide bonds. The Balaban J connectivity index is 0.958. The number of nitrogens with zero attached hydrogens (tertiary/aromatic N) is 6. The minimum Gasteiger partial charge on any atom is -0.453 e. The van der Waals surface area contributed by atoms with E-state index in [2.05, 4.69) is 82.0 Å². The number of carbonyl (C=O) groups excluding carboxylic acids is 3. The lowest BCUT2D eigenvalue weighted by Gasteiger charge is -2.31. The molecule has 2 aliphatic heterocycles. The summed E-state index contributed by atoms with van der Waals surface area (Å²) in [5.74, 6) is 0.841. The predicted octanol–water partition coefficient (Wildman–Crippen LogP) is 8.05. The van der Waals surface area contributed by atoms with E-state index in [1.807, 2.05) is 79.2 Å². The SMILES string of the molecule is COC(=O)N[C@H](C(=O)N1CCCC1c1ncc(-c2ccc3cc(-c4ccc(-c5cnc([C@@H]6C[C@@H](C#N)CN6C(=O)[C@@H](c6ccccc6)N(C)C)[nH]5)cc4)ccc3c2)[nH]1)C(C)C. The number of amides is 3. The van der Waals surface area contributed by atoms with Crippen LogP contribution in [0.5, 0.6) is 0 Å². The highest BCUT2D eigenvalue weighted by atomic mass is 16.5. The third-order valence-electron chi connectivity index (χ3n) is 12.1. The summed E-state index contributed by atoms with van der Waals surface area (Å²) in [4.78, 5) is 61.7. The Hall–Kier alpha value is -6.78. The Morgan fingerprint density at radius 3 is 2.05 bits per heavy atom. The van der Waals surface area contributed by atoms with Gasteiger partial charge in [-0.25, -0.2) is 14.8 Å². The third-order valence-corrected chi connectivity index (χ3v) is 12.1. The molecule has 8 rings (SSSR count). The first-order valence-electron chi connectivity index (χ1n) is 20.8. The van der Waals surface area contributed by atoms with Gasteiger partial charge in [-0.05, 0) is 84.4 Å². The zero-order valence-electron chi connectivity index (χ0n) is 35.1. The van der Waals surface area contributed by atoms with Gasteiger partial charge in [-0.15, -0.1) is 0 Å². The molecule has 0 spiro atoms. The molecule has 312 valence electrons. The highest BCUT2D eigenvalue weighted by molar-refractivity contribution is 5.91. The summed E-state index contributed by atoms with van der Waals surface area (Å²) in [5, 5.41) is 14.8. The second-order valence-electron chi connectivity index (χ2n) is 16.6. The lowest BCUT2D eigenvalue weighted by Crippen LogP contribution is -2.51. The average Bonchev–Trinajstić information content (AvgIpc) is 4.12. The number of hydrogen-bond donors (Lipinski definition) is 3. The Kier molecular flexibility index (Phi) is 11.7. The summed E-state index contributed by atoms with van der Waals surface area (Å²) in [6.45, 7) is 4.77. The number of likely N-dealkylation sites (N-methyl/N-ethyl adjacent to an activating group) is 1. The topological polar surface area (TPSA) is 163 Å². The summed E-state index contributed by atoms with van der Waals surface area (Å²) in [6.07, 6.45) is 5.16. The molecule has 13 heteroatoms. The Labute approximate surface area is 355 Å². The van der Waals surface area contributed by atoms with Crippen molar-refractivity contribution in [1.82, 2.24) is 40.0 Å². The zero-order valence-corrected chi connectivity index (χ0v) is 35.1. The van der Waals surface area contributed by atoms with E-state index in [-0.39, 0.29) is 35.7 Å². The second-order valence-corrected chi connectivity index (χ2v) is 16.6. The van der Waals surface area contributed by atoms with Gasteiger partial charge in [0.05, 0.1) is 55.0 Å². The van der Waals surface area contributed by atoms with Crippen molar-refractivity contribution in [2.24, 2.45) is 11.8 Å². The number of H-pyrrole nitrogens is 2. The summed E-state index contributed by atoms with van der Waals surface area (Å²) in [7, 11) is 5.10. The van der Waals surface area contributed by atoms with Crippen molar-refractivity contribution >= 4 is 28.7 Å². The molecular weight excluding hydrogens is 767 g/mol. The number of ether oxygens (including phenoxy) is 1. The van der Waals surface area contributed by atoms with Crippen LogP contribution in [0.15, 0.2) is 103 Å². The number of benzene rings is 4. The number of nitriles is 1. The van der Waals surface area contributed by atoms with Gasteiger partial charge in [-0.1, -0.05) is 92.7 Å². The Morgan fingerprint density at radius 1 is 0.803 bits per heavy atom. The lowest BCUT2D eigenvalue weighted by molar-refractivity contribution is -0.137. The molecule has 0 saturated carbocycles. The van der Waals surface area contributed by atoms with Gasteiger partial charge in [-0.3, -0.25) is 14.5 Å². The minimum absolute atomic E-state index is 0.0443. The maximum Gasteiger partial charge on any atom is 0.407 e. The number of hydrogen-bond acceptors (Lipinski definition) is 8. The fourth-order valence-electron chi connectivity index (χ4n) is 8.82. The number of alkyl carbamates (subject to hydrolysis) is 1. The standard InChI is InChI=1S/C48H51N9O4/c1-29(2)42(54-48(60)61-5)46(58)56-21-9-12-40(56)44-50-27-39(53-44)37-20-19-35-23-34(17-18-36(35)24-37)31-13-15-32(16-14-31)38-26-51-45(52-38)41-22-30(25-49)28-57(41)47(59)43(55(3)4)33-10-7-6-8-11-33/h6-8,10-11,13-20,23-24,26-27,29-30,40-43H,9,12,21-22,28H2,1-5H3,(H,50,53)(H,51,52)(H,54,60)/t30-,40?,41-,42-,43+/m0/s1. The van der Waals surface area contributed by atoms with E-state index in [4.69, 9.17) is 14.7 Å². The summed E-state index contributed by atoms with van der Waals surface area (Å²) in [6, 6.07) is 31.5. The number of rotatable bonds is 11. The molecule has 5 atom stereocenters. The van der Waals surface area contributed by atoms with Crippen LogP contribution in [-0.2, 0) is 14.3 Å². The number of imidazole rings is 2. The summed E-state index contributed by atoms with van der Waals surface area (Å²) >= 11 is 0. The largest absolute Gasteiger partial charge is 0.453 e. The van der Waals surface area contributed by atoms with Gasteiger partial charge in [0.2, 0.25) is 11.8 Å². The molecule has 4 aromatic carbocycles. The van der Waals surface area contributed by atoms with Gasteiger partial charge in [-0.2, -0.15) is 5.26 Å². The summed E-state index contributed by atoms with van der Waals surface area (Å²) < 4.78 is 4.77. The van der Waals surface area contributed by atoms with Crippen LogP contribution >= 0.6 is 0 Å². The molecule has 13 nitrogen and oxygen atoms in total. The number of fused-ring (bicyclic) bond motifs is 1. The number of aromatic amines is 2. The monoisotopic (exact) mass is 817 g/mol. The van der Waals surface area contributed by atoms with Crippen molar-refractivity contribution in [2.75, 3.05) is 34.3 Å². The highest BCUT2D eigenvalue weighted by Crippen LogP contribution is 2.38. The van der Waals surface area contributed by atoms with E-state index in [1.165, 1.54) is 7.11 Å². The second kappa shape index (κ2) is 17.4. The first kappa shape index (κ1) is 41.0. The quantitative estimate of drug-likeness (QED) is 0.118. The van der Waals surface area contributed by atoms with E-state index in [1.54, 1.807) is 6.20 Å². The highest BCUT2D eigenvalue weighted by Gasteiger charge is 2.41. The maximum absolute atomic E-state index is 14.1. The molecule has 0 bridgehead atoms. The molecule has 1 unspecified atom stereocenters. The smallest absolute Gasteiger partial charge is 0.407 e. The van der Waals surface area contributed by atoms with Crippen LogP contribution in [0.3, 0.4) is 0 Å². The van der Waals surface area contributed by atoms with Crippen LogP contribution in [0.25, 0.3) is 44.4 Å². The van der Waals surface area contributed by atoms with Crippen molar-refractivity contribution in [3.63, 3.8) is 0 Å². The van der Waals surface area contributed by atoms with Crippen LogP contribution < -0.4 is 5.32 Å². The third kappa shape index (κ3) is 8.36. The van der Waals surface area contributed by atoms with Crippen molar-refractivity contribution in [3.05, 3.63) is 121 Å². The Bertz CT molecular complexity index is 2580. The molecule has 4 heterocycles. The van der Waals surface area contributed by atoms with Gasteiger partial charge in [0.1, 0.15) is 23.7 Å².